The largest absolute Gasteiger partial charge is 0.422 e. The van der Waals surface area contributed by atoms with E-state index in [0.29, 0.717) is 16.3 Å². The van der Waals surface area contributed by atoms with E-state index in [0.717, 1.165) is 5.56 Å². The van der Waals surface area contributed by atoms with Crippen LogP contribution in [-0.2, 0) is 6.54 Å². The van der Waals surface area contributed by atoms with E-state index in [-0.39, 0.29) is 23.5 Å². The molecular formula is C23H15N3O3. The summed E-state index contributed by atoms with van der Waals surface area (Å²) in [4.78, 5) is 25.7. The smallest absolute Gasteiger partial charge is 0.364 e. The average Bonchev–Trinajstić information content (AvgIpc) is 2.76. The SMILES string of the molecule is N#Cc1cccc(OC(=O)c2nn(Cc3ccccc3)c(=O)c3ccccc23)c1. The van der Waals surface area contributed by atoms with Crippen molar-refractivity contribution < 1.29 is 9.53 Å². The lowest BCUT2D eigenvalue weighted by Crippen LogP contribution is -2.27. The van der Waals surface area contributed by atoms with Crippen molar-refractivity contribution in [2.24, 2.45) is 0 Å². The fourth-order valence-corrected chi connectivity index (χ4v) is 3.03. The molecule has 0 atom stereocenters. The molecule has 1 heterocycles. The van der Waals surface area contributed by atoms with Crippen molar-refractivity contribution in [2.75, 3.05) is 0 Å². The summed E-state index contributed by atoms with van der Waals surface area (Å²) in [6.45, 7) is 0.231. The van der Waals surface area contributed by atoms with Crippen molar-refractivity contribution in [2.45, 2.75) is 6.54 Å². The molecule has 0 saturated carbocycles. The molecule has 0 bridgehead atoms. The predicted octanol–water partition coefficient (Wildman–Crippen LogP) is 3.54. The molecule has 0 fully saturated rings. The highest BCUT2D eigenvalue weighted by molar-refractivity contribution is 6.02. The number of nitriles is 1. The molecule has 0 aliphatic rings. The topological polar surface area (TPSA) is 85.0 Å². The first kappa shape index (κ1) is 18.1. The molecule has 0 amide bonds. The normalized spacial score (nSPS) is 10.4. The standard InChI is InChI=1S/C23H15N3O3/c24-14-17-9-6-10-18(13-17)29-23(28)21-19-11-4-5-12-20(19)22(27)26(25-21)15-16-7-2-1-3-8-16/h1-13H,15H2. The van der Waals surface area contributed by atoms with Gasteiger partial charge in [0, 0.05) is 5.39 Å². The quantitative estimate of drug-likeness (QED) is 0.399. The number of esters is 1. The van der Waals surface area contributed by atoms with E-state index in [1.54, 1.807) is 42.5 Å². The molecule has 0 saturated heterocycles. The highest BCUT2D eigenvalue weighted by Gasteiger charge is 2.19. The molecule has 3 aromatic carbocycles. The van der Waals surface area contributed by atoms with Crippen molar-refractivity contribution in [3.05, 3.63) is 106 Å². The molecule has 4 rings (SSSR count). The predicted molar refractivity (Wildman–Crippen MR) is 108 cm³/mol. The van der Waals surface area contributed by atoms with E-state index in [2.05, 4.69) is 5.10 Å². The number of aromatic nitrogens is 2. The third kappa shape index (κ3) is 3.75. The second-order valence-corrected chi connectivity index (χ2v) is 6.37. The van der Waals surface area contributed by atoms with Gasteiger partial charge in [-0.15, -0.1) is 0 Å². The Balaban J connectivity index is 1.78. The van der Waals surface area contributed by atoms with Crippen molar-refractivity contribution in [1.82, 2.24) is 9.78 Å². The molecule has 0 radical (unpaired) electrons. The average molecular weight is 381 g/mol. The number of hydrogen-bond acceptors (Lipinski definition) is 5. The van der Waals surface area contributed by atoms with Gasteiger partial charge in [0.2, 0.25) is 0 Å². The Bertz CT molecular complexity index is 1300. The molecule has 140 valence electrons. The van der Waals surface area contributed by atoms with Crippen LogP contribution in [0.25, 0.3) is 10.8 Å². The Morgan fingerprint density at radius 3 is 2.45 bits per heavy atom. The Kier molecular flexibility index (Phi) is 4.87. The molecule has 4 aromatic rings. The minimum atomic E-state index is -0.696. The number of nitrogens with zero attached hydrogens (tertiary/aromatic N) is 3. The highest BCUT2D eigenvalue weighted by atomic mass is 16.5. The number of fused-ring (bicyclic) bond motifs is 1. The maximum absolute atomic E-state index is 12.9. The summed E-state index contributed by atoms with van der Waals surface area (Å²) in [6.07, 6.45) is 0. The maximum Gasteiger partial charge on any atom is 0.364 e. The monoisotopic (exact) mass is 381 g/mol. The summed E-state index contributed by atoms with van der Waals surface area (Å²) in [5.74, 6) is -0.459. The number of carbonyl (C=O) groups excluding carboxylic acids is 1. The Morgan fingerprint density at radius 1 is 0.966 bits per heavy atom. The van der Waals surface area contributed by atoms with Gasteiger partial charge in [-0.25, -0.2) is 9.48 Å². The number of rotatable bonds is 4. The van der Waals surface area contributed by atoms with Gasteiger partial charge in [0.15, 0.2) is 5.69 Å². The first-order chi connectivity index (χ1) is 14.2. The lowest BCUT2D eigenvalue weighted by atomic mass is 10.1. The number of carbonyl (C=O) groups is 1. The van der Waals surface area contributed by atoms with Crippen LogP contribution in [0.2, 0.25) is 0 Å². The molecule has 0 aliphatic heterocycles. The summed E-state index contributed by atoms with van der Waals surface area (Å²) in [7, 11) is 0. The minimum Gasteiger partial charge on any atom is -0.422 e. The Labute approximate surface area is 166 Å². The number of benzene rings is 3. The fraction of sp³-hybridized carbons (Fsp3) is 0.0435. The highest BCUT2D eigenvalue weighted by Crippen LogP contribution is 2.18. The second kappa shape index (κ2) is 7.79. The van der Waals surface area contributed by atoms with Crippen LogP contribution in [-0.4, -0.2) is 15.7 Å². The zero-order chi connectivity index (χ0) is 20.2. The molecular weight excluding hydrogens is 366 g/mol. The number of ether oxygens (including phenoxy) is 1. The number of hydrogen-bond donors (Lipinski definition) is 0. The van der Waals surface area contributed by atoms with Gasteiger partial charge in [0.05, 0.1) is 23.6 Å². The van der Waals surface area contributed by atoms with Crippen LogP contribution in [0.15, 0.2) is 83.7 Å². The Morgan fingerprint density at radius 2 is 1.69 bits per heavy atom. The van der Waals surface area contributed by atoms with Gasteiger partial charge >= 0.3 is 5.97 Å². The van der Waals surface area contributed by atoms with Crippen LogP contribution >= 0.6 is 0 Å². The van der Waals surface area contributed by atoms with Crippen LogP contribution in [0.4, 0.5) is 0 Å². The summed E-state index contributed by atoms with van der Waals surface area (Å²) in [5.41, 5.74) is 1.02. The van der Waals surface area contributed by atoms with E-state index in [1.807, 2.05) is 36.4 Å². The summed E-state index contributed by atoms with van der Waals surface area (Å²) >= 11 is 0. The van der Waals surface area contributed by atoms with E-state index < -0.39 is 5.97 Å². The van der Waals surface area contributed by atoms with Crippen LogP contribution in [0, 0.1) is 11.3 Å². The molecule has 6 nitrogen and oxygen atoms in total. The van der Waals surface area contributed by atoms with Crippen LogP contribution in [0.3, 0.4) is 0 Å². The molecule has 29 heavy (non-hydrogen) atoms. The van der Waals surface area contributed by atoms with Crippen LogP contribution in [0.1, 0.15) is 21.6 Å². The fourth-order valence-electron chi connectivity index (χ4n) is 3.03. The summed E-state index contributed by atoms with van der Waals surface area (Å²) in [6, 6.07) is 24.5. The van der Waals surface area contributed by atoms with E-state index in [4.69, 9.17) is 10.00 Å². The van der Waals surface area contributed by atoms with Gasteiger partial charge in [-0.05, 0) is 29.8 Å². The van der Waals surface area contributed by atoms with Crippen molar-refractivity contribution >= 4 is 16.7 Å². The first-order valence-corrected chi connectivity index (χ1v) is 8.92. The second-order valence-electron chi connectivity index (χ2n) is 6.37. The van der Waals surface area contributed by atoms with Crippen molar-refractivity contribution in [1.29, 1.82) is 5.26 Å². The molecule has 1 aromatic heterocycles. The summed E-state index contributed by atoms with van der Waals surface area (Å²) in [5, 5.41) is 14.1. The zero-order valence-electron chi connectivity index (χ0n) is 15.3. The van der Waals surface area contributed by atoms with Gasteiger partial charge in [-0.1, -0.05) is 54.6 Å². The molecule has 0 unspecified atom stereocenters. The molecule has 0 N–H and O–H groups in total. The maximum atomic E-state index is 12.9. The third-order valence-electron chi connectivity index (χ3n) is 4.41. The lowest BCUT2D eigenvalue weighted by Gasteiger charge is -2.11. The van der Waals surface area contributed by atoms with Crippen molar-refractivity contribution in [3.63, 3.8) is 0 Å². The lowest BCUT2D eigenvalue weighted by molar-refractivity contribution is 0.0728. The van der Waals surface area contributed by atoms with E-state index >= 15 is 0 Å². The molecule has 6 heteroatoms. The third-order valence-corrected chi connectivity index (χ3v) is 4.41. The zero-order valence-corrected chi connectivity index (χ0v) is 15.3. The van der Waals surface area contributed by atoms with E-state index in [9.17, 15) is 9.59 Å². The molecule has 0 spiro atoms. The Hall–Kier alpha value is -4.24. The van der Waals surface area contributed by atoms with Crippen LogP contribution in [0.5, 0.6) is 5.75 Å². The van der Waals surface area contributed by atoms with E-state index in [1.165, 1.54) is 10.7 Å². The molecule has 0 aliphatic carbocycles. The van der Waals surface area contributed by atoms with Gasteiger partial charge in [0.25, 0.3) is 5.56 Å². The van der Waals surface area contributed by atoms with Gasteiger partial charge in [0.1, 0.15) is 5.75 Å². The van der Waals surface area contributed by atoms with Gasteiger partial charge < -0.3 is 4.74 Å². The van der Waals surface area contributed by atoms with Gasteiger partial charge in [-0.3, -0.25) is 4.79 Å². The van der Waals surface area contributed by atoms with Crippen molar-refractivity contribution in [3.8, 4) is 11.8 Å². The first-order valence-electron chi connectivity index (χ1n) is 8.92. The van der Waals surface area contributed by atoms with Gasteiger partial charge in [-0.2, -0.15) is 10.4 Å². The minimum absolute atomic E-state index is 0.0403. The van der Waals surface area contributed by atoms with Crippen LogP contribution < -0.4 is 10.3 Å². The summed E-state index contributed by atoms with van der Waals surface area (Å²) < 4.78 is 6.69.